The van der Waals surface area contributed by atoms with Gasteiger partial charge in [-0.25, -0.2) is 17.7 Å². The van der Waals surface area contributed by atoms with Gasteiger partial charge in [0.25, 0.3) is 0 Å². The van der Waals surface area contributed by atoms with Crippen LogP contribution in [0.4, 0.5) is 0 Å². The summed E-state index contributed by atoms with van der Waals surface area (Å²) in [6.07, 6.45) is 13.4. The van der Waals surface area contributed by atoms with E-state index in [9.17, 15) is 0 Å². The van der Waals surface area contributed by atoms with Crippen LogP contribution in [0.25, 0.3) is 0 Å². The fourth-order valence-corrected chi connectivity index (χ4v) is 1.50. The molecule has 0 N–H and O–H groups in total. The number of allylic oxidation sites excluding steroid dienone is 8. The van der Waals surface area contributed by atoms with Crippen LogP contribution in [0.2, 0.25) is 0 Å². The molecule has 123 valence electrons. The van der Waals surface area contributed by atoms with E-state index in [1.807, 2.05) is 19.8 Å². The second-order valence-corrected chi connectivity index (χ2v) is 8.76. The van der Waals surface area contributed by atoms with Gasteiger partial charge in [0.05, 0.1) is 0 Å². The molecule has 2 aliphatic rings. The molecule has 0 aromatic rings. The van der Waals surface area contributed by atoms with Gasteiger partial charge in [-0.2, -0.15) is 24.1 Å². The van der Waals surface area contributed by atoms with Crippen LogP contribution in [0, 0.1) is 25.0 Å². The van der Waals surface area contributed by atoms with Gasteiger partial charge in [0, 0.05) is 0 Å². The molecule has 0 bridgehead atoms. The minimum absolute atomic E-state index is 0. The molecule has 1 atom stereocenters. The summed E-state index contributed by atoms with van der Waals surface area (Å²) in [4.78, 5) is 0. The van der Waals surface area contributed by atoms with Crippen LogP contribution in [0.1, 0.15) is 41.0 Å². The topological polar surface area (TPSA) is 0 Å². The number of hydrogen-bond donors (Lipinski definition) is 0. The summed E-state index contributed by atoms with van der Waals surface area (Å²) in [6.45, 7) is 13.7. The average Bonchev–Trinajstić information content (AvgIpc) is 3.04. The molecular weight excluding hydrogens is 374 g/mol. The van der Waals surface area contributed by atoms with Gasteiger partial charge in [-0.15, -0.1) is 38.2 Å². The van der Waals surface area contributed by atoms with E-state index in [0.29, 0.717) is 5.92 Å². The molecule has 0 amide bonds. The van der Waals surface area contributed by atoms with Gasteiger partial charge < -0.3 is 6.92 Å². The van der Waals surface area contributed by atoms with Crippen LogP contribution in [0.15, 0.2) is 34.9 Å². The molecule has 5 heteroatoms. The molecule has 2 aliphatic carbocycles. The number of hydrogen-bond acceptors (Lipinski definition) is 0. The zero-order valence-corrected chi connectivity index (χ0v) is 19.0. The second-order valence-electron chi connectivity index (χ2n) is 3.94. The van der Waals surface area contributed by atoms with Crippen molar-refractivity contribution < 1.29 is 16.8 Å². The van der Waals surface area contributed by atoms with E-state index in [0.717, 1.165) is 6.42 Å². The van der Waals surface area contributed by atoms with Crippen molar-refractivity contribution in [3.63, 3.8) is 0 Å². The third-order valence-corrected chi connectivity index (χ3v) is 2.82. The van der Waals surface area contributed by atoms with Crippen LogP contribution in [-0.4, -0.2) is 7.63 Å². The van der Waals surface area contributed by atoms with Gasteiger partial charge in [0.15, 0.2) is 0 Å². The Morgan fingerprint density at radius 1 is 1.29 bits per heavy atom. The second kappa shape index (κ2) is 20.8. The third kappa shape index (κ3) is 15.4. The average molecular weight is 402 g/mol. The molecule has 2 rings (SSSR count). The van der Waals surface area contributed by atoms with Crippen molar-refractivity contribution in [2.75, 3.05) is 0 Å². The molecule has 0 fully saturated rings. The molecule has 0 spiro atoms. The summed E-state index contributed by atoms with van der Waals surface area (Å²) in [7, 11) is 7.00. The van der Waals surface area contributed by atoms with Gasteiger partial charge in [-0.1, -0.05) is 26.7 Å². The molecule has 0 aromatic heterocycles. The molecule has 0 nitrogen and oxygen atoms in total. The van der Waals surface area contributed by atoms with Gasteiger partial charge in [0.1, 0.15) is 0 Å². The zero-order chi connectivity index (χ0) is 15.3. The Bertz CT molecular complexity index is 362. The maximum atomic E-state index is 5.14. The Morgan fingerprint density at radius 2 is 1.76 bits per heavy atom. The normalized spacial score (nSPS) is 16.5. The molecule has 0 heterocycles. The zero-order valence-electron chi connectivity index (χ0n) is 13.6. The van der Waals surface area contributed by atoms with Crippen molar-refractivity contribution in [3.8, 4) is 0 Å². The van der Waals surface area contributed by atoms with Crippen molar-refractivity contribution in [1.82, 2.24) is 0 Å². The molecule has 0 saturated heterocycles. The molecule has 0 saturated carbocycles. The summed E-state index contributed by atoms with van der Waals surface area (Å²) in [5.41, 5.74) is 4.25. The first-order valence-corrected chi connectivity index (χ1v) is 12.5. The monoisotopic (exact) mass is 400 g/mol. The maximum absolute atomic E-state index is 5.14. The molecular formula is C16H27Cl3SiTi-3. The van der Waals surface area contributed by atoms with E-state index < -0.39 is 0 Å². The molecule has 1 unspecified atom stereocenters. The van der Waals surface area contributed by atoms with Crippen LogP contribution in [0.3, 0.4) is 0 Å². The van der Waals surface area contributed by atoms with E-state index in [1.165, 1.54) is 16.7 Å². The standard InChI is InChI=1S/C9H13.C5H5.C2H5.3ClH.H2Si.Ti/c1-6-5-7(2)9(4)8(6)3;1-2-4-5-3-1;1-2;;;;;/h6H,1-4H3;1-3H,4H2;1H2,2H3;3*1H;1H2;/q3*-1;;;;;+1/p-1. The van der Waals surface area contributed by atoms with Crippen LogP contribution in [-0.2, 0) is 16.8 Å². The van der Waals surface area contributed by atoms with E-state index in [2.05, 4.69) is 52.8 Å². The van der Waals surface area contributed by atoms with Crippen LogP contribution in [0.5, 0.6) is 0 Å². The van der Waals surface area contributed by atoms with E-state index in [1.54, 1.807) is 6.92 Å². The first kappa shape index (κ1) is 29.7. The van der Waals surface area contributed by atoms with Crippen LogP contribution < -0.4 is 0 Å². The summed E-state index contributed by atoms with van der Waals surface area (Å²) >= 11 is 0.000000000000000111. The van der Waals surface area contributed by atoms with Crippen molar-refractivity contribution in [1.29, 1.82) is 0 Å². The summed E-state index contributed by atoms with van der Waals surface area (Å²) in [6, 6.07) is 0. The molecule has 0 aliphatic heterocycles. The van der Waals surface area contributed by atoms with Crippen molar-refractivity contribution >= 4 is 41.8 Å². The fraction of sp³-hybridized carbons (Fsp3) is 0.438. The SMILES string of the molecule is CC1=[C-]C(C)C(C)=C1C.Cl.Cl.[C-]1=CC=CC1.[CH2-]C.[SiH2]=[Ti][Cl]. The minimum atomic E-state index is 0. The molecule has 0 radical (unpaired) electrons. The van der Waals surface area contributed by atoms with Gasteiger partial charge in [-0.3, -0.25) is 12.2 Å². The fourth-order valence-electron chi connectivity index (χ4n) is 1.50. The number of rotatable bonds is 0. The summed E-state index contributed by atoms with van der Waals surface area (Å²) in [5.74, 6) is 0.560. The van der Waals surface area contributed by atoms with E-state index in [4.69, 9.17) is 9.30 Å². The Balaban J connectivity index is -0.000000104. The Hall–Kier alpha value is 0.761. The predicted molar refractivity (Wildman–Crippen MR) is 101 cm³/mol. The molecule has 0 aromatic carbocycles. The van der Waals surface area contributed by atoms with Crippen molar-refractivity contribution in [3.05, 3.63) is 54.0 Å². The quantitative estimate of drug-likeness (QED) is 0.372. The van der Waals surface area contributed by atoms with Crippen LogP contribution >= 0.6 is 34.1 Å². The Morgan fingerprint density at radius 3 is 1.86 bits per heavy atom. The van der Waals surface area contributed by atoms with Gasteiger partial charge >= 0.3 is 33.8 Å². The summed E-state index contributed by atoms with van der Waals surface area (Å²) < 4.78 is 0. The number of halogens is 3. The third-order valence-electron chi connectivity index (χ3n) is 2.82. The van der Waals surface area contributed by atoms with Crippen molar-refractivity contribution in [2.24, 2.45) is 5.92 Å². The Labute approximate surface area is 158 Å². The predicted octanol–water partition coefficient (Wildman–Crippen LogP) is 5.48. The van der Waals surface area contributed by atoms with Gasteiger partial charge in [-0.05, 0) is 0 Å². The first-order valence-electron chi connectivity index (χ1n) is 6.37. The van der Waals surface area contributed by atoms with Crippen molar-refractivity contribution in [2.45, 2.75) is 41.0 Å². The van der Waals surface area contributed by atoms with Gasteiger partial charge in [0.2, 0.25) is 0 Å². The van der Waals surface area contributed by atoms with E-state index >= 15 is 0 Å². The Kier molecular flexibility index (Phi) is 29.4. The van der Waals surface area contributed by atoms with E-state index in [-0.39, 0.29) is 41.6 Å². The molecule has 21 heavy (non-hydrogen) atoms. The summed E-state index contributed by atoms with van der Waals surface area (Å²) in [5, 5.41) is 0. The first-order chi connectivity index (χ1) is 9.04.